The largest absolute Gasteiger partial charge is 0.465 e. The van der Waals surface area contributed by atoms with Crippen LogP contribution in [0.4, 0.5) is 0 Å². The number of esters is 2. The molecule has 0 bridgehead atoms. The molecule has 0 spiro atoms. The number of hydrogen-bond acceptors (Lipinski definition) is 4. The van der Waals surface area contributed by atoms with Gasteiger partial charge in [-0.15, -0.1) is 0 Å². The van der Waals surface area contributed by atoms with E-state index < -0.39 is 5.41 Å². The third-order valence-corrected chi connectivity index (χ3v) is 4.22. The van der Waals surface area contributed by atoms with Crippen molar-refractivity contribution in [2.24, 2.45) is 28.1 Å². The molecule has 0 aromatic carbocycles. The zero-order valence-electron chi connectivity index (χ0n) is 19.5. The highest BCUT2D eigenvalue weighted by Gasteiger charge is 2.43. The average Bonchev–Trinajstić information content (AvgIpc) is 2.46. The van der Waals surface area contributed by atoms with Crippen LogP contribution in [0.1, 0.15) is 94.9 Å². The summed E-state index contributed by atoms with van der Waals surface area (Å²) in [6.07, 6.45) is 2.25. The summed E-state index contributed by atoms with van der Waals surface area (Å²) in [5.41, 5.74) is -1.01. The van der Waals surface area contributed by atoms with Gasteiger partial charge in [0.05, 0.1) is 25.0 Å². The third kappa shape index (κ3) is 12.1. The quantitative estimate of drug-likeness (QED) is 0.432. The molecule has 0 heterocycles. The van der Waals surface area contributed by atoms with Crippen molar-refractivity contribution in [3.63, 3.8) is 0 Å². The minimum atomic E-state index is -0.807. The first-order valence-corrected chi connectivity index (χ1v) is 10.4. The first kappa shape index (κ1) is 25.9. The van der Waals surface area contributed by atoms with Gasteiger partial charge in [0, 0.05) is 0 Å². The number of carbonyl (C=O) groups excluding carboxylic acids is 2. The standard InChI is InChI=1S/C23H44O4/c1-17(2)11-12-23(13-18(3)4,20(25)27-16-22(8,9)10)14-19(24)26-15-21(5,6)7/h17-18H,11-16H2,1-10H3. The topological polar surface area (TPSA) is 52.6 Å². The Bertz CT molecular complexity index is 466. The maximum Gasteiger partial charge on any atom is 0.312 e. The summed E-state index contributed by atoms with van der Waals surface area (Å²) >= 11 is 0. The zero-order chi connectivity index (χ0) is 21.5. The maximum absolute atomic E-state index is 13.2. The van der Waals surface area contributed by atoms with Crippen molar-refractivity contribution in [1.29, 1.82) is 0 Å². The van der Waals surface area contributed by atoms with Crippen LogP contribution in [0, 0.1) is 28.1 Å². The molecule has 0 aromatic heterocycles. The fourth-order valence-electron chi connectivity index (χ4n) is 2.93. The second-order valence-corrected chi connectivity index (χ2v) is 11.3. The highest BCUT2D eigenvalue weighted by atomic mass is 16.5. The SMILES string of the molecule is CC(C)CCC(CC(=O)OCC(C)(C)C)(CC(C)C)C(=O)OCC(C)(C)C. The van der Waals surface area contributed by atoms with Crippen LogP contribution in [0.2, 0.25) is 0 Å². The Morgan fingerprint density at radius 1 is 0.778 bits per heavy atom. The van der Waals surface area contributed by atoms with E-state index in [1.807, 2.05) is 41.5 Å². The Hall–Kier alpha value is -1.06. The Morgan fingerprint density at radius 3 is 1.67 bits per heavy atom. The molecule has 0 radical (unpaired) electrons. The lowest BCUT2D eigenvalue weighted by Gasteiger charge is -2.34. The summed E-state index contributed by atoms with van der Waals surface area (Å²) in [5, 5.41) is 0. The highest BCUT2D eigenvalue weighted by Crippen LogP contribution is 2.39. The summed E-state index contributed by atoms with van der Waals surface area (Å²) in [5.74, 6) is 0.189. The lowest BCUT2D eigenvalue weighted by Crippen LogP contribution is -2.39. The first-order valence-electron chi connectivity index (χ1n) is 10.4. The van der Waals surface area contributed by atoms with Gasteiger partial charge < -0.3 is 9.47 Å². The van der Waals surface area contributed by atoms with E-state index in [2.05, 4.69) is 27.7 Å². The Balaban J connectivity index is 5.49. The van der Waals surface area contributed by atoms with Crippen LogP contribution < -0.4 is 0 Å². The van der Waals surface area contributed by atoms with Gasteiger partial charge in [-0.3, -0.25) is 9.59 Å². The lowest BCUT2D eigenvalue weighted by atomic mass is 9.72. The molecule has 0 saturated heterocycles. The highest BCUT2D eigenvalue weighted by molar-refractivity contribution is 5.83. The maximum atomic E-state index is 13.2. The molecule has 0 rings (SSSR count). The molecule has 0 saturated carbocycles. The summed E-state index contributed by atoms with van der Waals surface area (Å²) in [4.78, 5) is 25.8. The van der Waals surface area contributed by atoms with E-state index in [-0.39, 0.29) is 35.1 Å². The van der Waals surface area contributed by atoms with Crippen LogP contribution in [-0.4, -0.2) is 25.2 Å². The molecule has 1 atom stereocenters. The Kier molecular flexibility index (Phi) is 10.1. The van der Waals surface area contributed by atoms with E-state index in [1.165, 1.54) is 0 Å². The molecule has 4 heteroatoms. The molecule has 0 aliphatic carbocycles. The van der Waals surface area contributed by atoms with Gasteiger partial charge in [0.15, 0.2) is 0 Å². The van der Waals surface area contributed by atoms with Crippen LogP contribution in [0.15, 0.2) is 0 Å². The number of rotatable bonds is 10. The average molecular weight is 385 g/mol. The van der Waals surface area contributed by atoms with Crippen molar-refractivity contribution in [2.75, 3.05) is 13.2 Å². The lowest BCUT2D eigenvalue weighted by molar-refractivity contribution is -0.168. The van der Waals surface area contributed by atoms with Crippen LogP contribution >= 0.6 is 0 Å². The van der Waals surface area contributed by atoms with Gasteiger partial charge in [0.25, 0.3) is 0 Å². The van der Waals surface area contributed by atoms with Crippen molar-refractivity contribution >= 4 is 11.9 Å². The number of hydrogen-bond donors (Lipinski definition) is 0. The minimum absolute atomic E-state index is 0.0942. The first-order chi connectivity index (χ1) is 12.1. The van der Waals surface area contributed by atoms with Gasteiger partial charge in [0.2, 0.25) is 0 Å². The molecule has 0 aromatic rings. The monoisotopic (exact) mass is 384 g/mol. The fourth-order valence-corrected chi connectivity index (χ4v) is 2.93. The van der Waals surface area contributed by atoms with E-state index in [1.54, 1.807) is 0 Å². The summed E-state index contributed by atoms with van der Waals surface area (Å²) in [7, 11) is 0. The minimum Gasteiger partial charge on any atom is -0.465 e. The molecule has 0 amide bonds. The predicted molar refractivity (Wildman–Crippen MR) is 111 cm³/mol. The summed E-state index contributed by atoms with van der Waals surface area (Å²) < 4.78 is 11.2. The molecule has 0 aliphatic rings. The van der Waals surface area contributed by atoms with Crippen molar-refractivity contribution < 1.29 is 19.1 Å². The molecule has 160 valence electrons. The normalized spacial score (nSPS) is 15.0. The van der Waals surface area contributed by atoms with Crippen LogP contribution in [0.25, 0.3) is 0 Å². The molecule has 1 unspecified atom stereocenters. The van der Waals surface area contributed by atoms with Crippen molar-refractivity contribution in [1.82, 2.24) is 0 Å². The van der Waals surface area contributed by atoms with Crippen molar-refractivity contribution in [3.8, 4) is 0 Å². The third-order valence-electron chi connectivity index (χ3n) is 4.22. The molecular formula is C23H44O4. The zero-order valence-corrected chi connectivity index (χ0v) is 19.5. The van der Waals surface area contributed by atoms with Gasteiger partial charge in [-0.1, -0.05) is 69.2 Å². The molecule has 4 nitrogen and oxygen atoms in total. The predicted octanol–water partition coefficient (Wildman–Crippen LogP) is 6.02. The van der Waals surface area contributed by atoms with Crippen molar-refractivity contribution in [2.45, 2.75) is 94.9 Å². The molecule has 0 N–H and O–H groups in total. The van der Waals surface area contributed by atoms with E-state index in [4.69, 9.17) is 9.47 Å². The van der Waals surface area contributed by atoms with E-state index in [9.17, 15) is 9.59 Å². The van der Waals surface area contributed by atoms with Crippen LogP contribution in [0.3, 0.4) is 0 Å². The van der Waals surface area contributed by atoms with Gasteiger partial charge >= 0.3 is 11.9 Å². The smallest absolute Gasteiger partial charge is 0.312 e. The van der Waals surface area contributed by atoms with E-state index >= 15 is 0 Å². The Labute approximate surface area is 167 Å². The van der Waals surface area contributed by atoms with Gasteiger partial charge in [-0.2, -0.15) is 0 Å². The molecule has 27 heavy (non-hydrogen) atoms. The second kappa shape index (κ2) is 10.5. The summed E-state index contributed by atoms with van der Waals surface area (Å²) in [6, 6.07) is 0. The van der Waals surface area contributed by atoms with Gasteiger partial charge in [-0.05, 0) is 41.9 Å². The molecule has 0 fully saturated rings. The van der Waals surface area contributed by atoms with Crippen LogP contribution in [0.5, 0.6) is 0 Å². The van der Waals surface area contributed by atoms with Crippen molar-refractivity contribution in [3.05, 3.63) is 0 Å². The second-order valence-electron chi connectivity index (χ2n) is 11.3. The molecule has 0 aliphatic heterocycles. The van der Waals surface area contributed by atoms with E-state index in [0.717, 1.165) is 6.42 Å². The number of carbonyl (C=O) groups is 2. The summed E-state index contributed by atoms with van der Waals surface area (Å²) in [6.45, 7) is 21.3. The molecular weight excluding hydrogens is 340 g/mol. The Morgan fingerprint density at radius 2 is 1.26 bits per heavy atom. The fraction of sp³-hybridized carbons (Fsp3) is 0.913. The number of ether oxygens (including phenoxy) is 2. The van der Waals surface area contributed by atoms with E-state index in [0.29, 0.717) is 32.0 Å². The van der Waals surface area contributed by atoms with Gasteiger partial charge in [-0.25, -0.2) is 0 Å². The van der Waals surface area contributed by atoms with Crippen LogP contribution in [-0.2, 0) is 19.1 Å². The van der Waals surface area contributed by atoms with Gasteiger partial charge in [0.1, 0.15) is 0 Å².